The quantitative estimate of drug-likeness (QED) is 0.499. The van der Waals surface area contributed by atoms with Crippen LogP contribution < -0.4 is 5.32 Å². The third-order valence-electron chi connectivity index (χ3n) is 4.02. The van der Waals surface area contributed by atoms with Crippen LogP contribution in [-0.2, 0) is 10.5 Å². The Balaban J connectivity index is 1.46. The second kappa shape index (κ2) is 9.56. The average Bonchev–Trinajstić information content (AvgIpc) is 2.72. The van der Waals surface area contributed by atoms with Crippen molar-refractivity contribution in [3.05, 3.63) is 83.6 Å². The number of benzene rings is 2. The molecule has 3 rings (SSSR count). The lowest BCUT2D eigenvalue weighted by atomic mass is 10.1. The molecule has 3 aromatic rings. The predicted octanol–water partition coefficient (Wildman–Crippen LogP) is 4.17. The molecule has 1 heterocycles. The Morgan fingerprint density at radius 1 is 1.15 bits per heavy atom. The maximum absolute atomic E-state index is 12.0. The molecule has 0 radical (unpaired) electrons. The second-order valence-corrected chi connectivity index (χ2v) is 6.97. The van der Waals surface area contributed by atoms with E-state index in [0.717, 1.165) is 33.5 Å². The van der Waals surface area contributed by atoms with Gasteiger partial charge in [-0.1, -0.05) is 42.5 Å². The van der Waals surface area contributed by atoms with Crippen molar-refractivity contribution in [2.45, 2.75) is 5.75 Å². The van der Waals surface area contributed by atoms with Crippen LogP contribution in [-0.4, -0.2) is 23.2 Å². The molecule has 4 nitrogen and oxygen atoms in total. The number of nitriles is 1. The van der Waals surface area contributed by atoms with Crippen molar-refractivity contribution in [2.24, 2.45) is 0 Å². The monoisotopic (exact) mass is 373 g/mol. The number of aromatic nitrogens is 1. The molecule has 0 spiro atoms. The molecular weight excluding hydrogens is 354 g/mol. The fraction of sp³-hybridized carbons (Fsp3) is 0.136. The molecule has 0 aliphatic carbocycles. The Kier molecular flexibility index (Phi) is 6.61. The Bertz CT molecular complexity index is 1000. The molecule has 2 aromatic carbocycles. The Morgan fingerprint density at radius 3 is 2.89 bits per heavy atom. The summed E-state index contributed by atoms with van der Waals surface area (Å²) >= 11 is 1.69. The van der Waals surface area contributed by atoms with Gasteiger partial charge in [0.25, 0.3) is 0 Å². The van der Waals surface area contributed by atoms with E-state index in [0.29, 0.717) is 12.1 Å². The van der Waals surface area contributed by atoms with Gasteiger partial charge < -0.3 is 5.32 Å². The van der Waals surface area contributed by atoms with Crippen molar-refractivity contribution in [1.29, 1.82) is 5.26 Å². The molecule has 1 aromatic heterocycles. The molecule has 0 aliphatic rings. The van der Waals surface area contributed by atoms with Gasteiger partial charge in [-0.15, -0.1) is 0 Å². The second-order valence-electron chi connectivity index (χ2n) is 5.87. The van der Waals surface area contributed by atoms with Gasteiger partial charge in [0, 0.05) is 41.3 Å². The van der Waals surface area contributed by atoms with Crippen molar-refractivity contribution in [3.8, 4) is 6.07 Å². The first-order valence-electron chi connectivity index (χ1n) is 8.63. The van der Waals surface area contributed by atoms with Gasteiger partial charge in [0.15, 0.2) is 0 Å². The highest BCUT2D eigenvalue weighted by atomic mass is 32.2. The normalized spacial score (nSPS) is 10.8. The molecule has 0 bridgehead atoms. The van der Waals surface area contributed by atoms with Crippen LogP contribution in [0.1, 0.15) is 16.7 Å². The highest BCUT2D eigenvalue weighted by Crippen LogP contribution is 2.17. The number of carbonyl (C=O) groups excluding carboxylic acids is 1. The van der Waals surface area contributed by atoms with Crippen molar-refractivity contribution in [3.63, 3.8) is 0 Å². The minimum absolute atomic E-state index is 0.124. The van der Waals surface area contributed by atoms with E-state index in [1.165, 1.54) is 0 Å². The zero-order valence-corrected chi connectivity index (χ0v) is 15.6. The first-order valence-corrected chi connectivity index (χ1v) is 9.79. The molecule has 1 amide bonds. The molecule has 0 saturated heterocycles. The Labute approximate surface area is 162 Å². The summed E-state index contributed by atoms with van der Waals surface area (Å²) in [5.41, 5.74) is 3.54. The summed E-state index contributed by atoms with van der Waals surface area (Å²) in [5.74, 6) is 1.42. The average molecular weight is 373 g/mol. The number of fused-ring (bicyclic) bond motifs is 1. The molecule has 134 valence electrons. The topological polar surface area (TPSA) is 65.8 Å². The first kappa shape index (κ1) is 18.7. The summed E-state index contributed by atoms with van der Waals surface area (Å²) < 4.78 is 0. The summed E-state index contributed by atoms with van der Waals surface area (Å²) in [4.78, 5) is 16.4. The fourth-order valence-electron chi connectivity index (χ4n) is 2.67. The van der Waals surface area contributed by atoms with Gasteiger partial charge in [-0.05, 0) is 23.8 Å². The summed E-state index contributed by atoms with van der Waals surface area (Å²) in [6.07, 6.45) is 5.08. The first-order chi connectivity index (χ1) is 13.3. The van der Waals surface area contributed by atoms with Crippen molar-refractivity contribution in [2.75, 3.05) is 12.3 Å². The van der Waals surface area contributed by atoms with Crippen LogP contribution in [0.4, 0.5) is 0 Å². The summed E-state index contributed by atoms with van der Waals surface area (Å²) in [6.45, 7) is 0.580. The third-order valence-corrected chi connectivity index (χ3v) is 5.03. The van der Waals surface area contributed by atoms with Crippen LogP contribution in [0.3, 0.4) is 0 Å². The van der Waals surface area contributed by atoms with Crippen LogP contribution in [0.5, 0.6) is 0 Å². The lowest BCUT2D eigenvalue weighted by Gasteiger charge is -2.05. The molecule has 0 aliphatic heterocycles. The van der Waals surface area contributed by atoms with E-state index in [4.69, 9.17) is 5.26 Å². The van der Waals surface area contributed by atoms with Crippen molar-refractivity contribution < 1.29 is 4.79 Å². The number of pyridine rings is 1. The van der Waals surface area contributed by atoms with Gasteiger partial charge in [-0.25, -0.2) is 0 Å². The zero-order valence-electron chi connectivity index (χ0n) is 14.8. The third kappa shape index (κ3) is 5.19. The smallest absolute Gasteiger partial charge is 0.244 e. The number of hydrogen-bond acceptors (Lipinski definition) is 4. The van der Waals surface area contributed by atoms with E-state index in [-0.39, 0.29) is 5.91 Å². The zero-order chi connectivity index (χ0) is 18.9. The number of rotatable bonds is 7. The number of amides is 1. The largest absolute Gasteiger partial charge is 0.352 e. The van der Waals surface area contributed by atoms with Crippen LogP contribution in [0.2, 0.25) is 0 Å². The predicted molar refractivity (Wildman–Crippen MR) is 111 cm³/mol. The van der Waals surface area contributed by atoms with Gasteiger partial charge in [0.05, 0.1) is 17.1 Å². The SMILES string of the molecule is N#Cc1ccccc1CSCCNC(=O)/C=C/c1cccc2cccnc12. The lowest BCUT2D eigenvalue weighted by Crippen LogP contribution is -2.23. The van der Waals surface area contributed by atoms with E-state index in [9.17, 15) is 4.79 Å². The minimum Gasteiger partial charge on any atom is -0.352 e. The van der Waals surface area contributed by atoms with Gasteiger partial charge >= 0.3 is 0 Å². The summed E-state index contributed by atoms with van der Waals surface area (Å²) in [6, 6.07) is 19.6. The van der Waals surface area contributed by atoms with E-state index in [1.807, 2.05) is 54.6 Å². The maximum atomic E-state index is 12.0. The summed E-state index contributed by atoms with van der Waals surface area (Å²) in [7, 11) is 0. The van der Waals surface area contributed by atoms with Crippen LogP contribution in [0.25, 0.3) is 17.0 Å². The lowest BCUT2D eigenvalue weighted by molar-refractivity contribution is -0.116. The van der Waals surface area contributed by atoms with Crippen molar-refractivity contribution >= 4 is 34.6 Å². The molecule has 27 heavy (non-hydrogen) atoms. The number of thioether (sulfide) groups is 1. The molecule has 0 saturated carbocycles. The Morgan fingerprint density at radius 2 is 2.00 bits per heavy atom. The number of para-hydroxylation sites is 1. The van der Waals surface area contributed by atoms with Crippen LogP contribution >= 0.6 is 11.8 Å². The fourth-order valence-corrected chi connectivity index (χ4v) is 3.53. The Hall–Kier alpha value is -3.10. The molecule has 0 fully saturated rings. The van der Waals surface area contributed by atoms with E-state index < -0.39 is 0 Å². The van der Waals surface area contributed by atoms with E-state index in [2.05, 4.69) is 16.4 Å². The highest BCUT2D eigenvalue weighted by Gasteiger charge is 2.02. The number of hydrogen-bond donors (Lipinski definition) is 1. The number of nitrogens with zero attached hydrogens (tertiary/aromatic N) is 2. The maximum Gasteiger partial charge on any atom is 0.244 e. The summed E-state index contributed by atoms with van der Waals surface area (Å²) in [5, 5.41) is 13.0. The van der Waals surface area contributed by atoms with Gasteiger partial charge in [-0.3, -0.25) is 9.78 Å². The molecular formula is C22H19N3OS. The van der Waals surface area contributed by atoms with Gasteiger partial charge in [0.1, 0.15) is 0 Å². The number of carbonyl (C=O) groups is 1. The van der Waals surface area contributed by atoms with E-state index >= 15 is 0 Å². The molecule has 5 heteroatoms. The number of nitrogens with one attached hydrogen (secondary N) is 1. The molecule has 1 N–H and O–H groups in total. The standard InChI is InChI=1S/C22H19N3OS/c23-15-19-5-1-2-6-20(19)16-27-14-13-24-21(26)11-10-18-8-3-7-17-9-4-12-25-22(17)18/h1-12H,13-14,16H2,(H,24,26)/b11-10+. The molecule has 0 unspecified atom stereocenters. The molecule has 0 atom stereocenters. The van der Waals surface area contributed by atoms with Crippen molar-refractivity contribution in [1.82, 2.24) is 10.3 Å². The van der Waals surface area contributed by atoms with Crippen LogP contribution in [0, 0.1) is 11.3 Å². The van der Waals surface area contributed by atoms with Crippen LogP contribution in [0.15, 0.2) is 66.9 Å². The van der Waals surface area contributed by atoms with Gasteiger partial charge in [-0.2, -0.15) is 17.0 Å². The minimum atomic E-state index is -0.124. The highest BCUT2D eigenvalue weighted by molar-refractivity contribution is 7.98. The van der Waals surface area contributed by atoms with E-state index in [1.54, 1.807) is 30.1 Å². The van der Waals surface area contributed by atoms with Gasteiger partial charge in [0.2, 0.25) is 5.91 Å².